The number of hydrogen-bond donors (Lipinski definition) is 0. The zero-order chi connectivity index (χ0) is 20.4. The lowest BCUT2D eigenvalue weighted by molar-refractivity contribution is -0.169. The molecule has 2 aromatic carbocycles. The molecule has 2 aliphatic carbocycles. The standard InChI is InChI=1S/C24H25NO4/c1-25-19-12-8-7-11-18(19)23-15-22(20(26)28-2,21(27)29-3)13-17(23)14-24(23,25)16-9-5-4-6-10-16/h4-12,17H,13-15H2,1-3H3/t17-,23-,24+/m1/s1. The molecule has 1 spiro atoms. The number of methoxy groups -OCH3 is 2. The van der Waals surface area contributed by atoms with Gasteiger partial charge in [0.25, 0.3) is 0 Å². The minimum Gasteiger partial charge on any atom is -0.468 e. The first-order valence-corrected chi connectivity index (χ1v) is 10.0. The Kier molecular flexibility index (Phi) is 3.67. The molecule has 1 heterocycles. The Hall–Kier alpha value is -2.82. The lowest BCUT2D eigenvalue weighted by Gasteiger charge is -2.61. The molecule has 0 N–H and O–H groups in total. The molecule has 1 aliphatic heterocycles. The molecule has 2 aromatic rings. The molecular weight excluding hydrogens is 366 g/mol. The smallest absolute Gasteiger partial charge is 0.323 e. The summed E-state index contributed by atoms with van der Waals surface area (Å²) in [7, 11) is 4.83. The van der Waals surface area contributed by atoms with Crippen molar-refractivity contribution in [1.82, 2.24) is 0 Å². The minimum atomic E-state index is -1.26. The average molecular weight is 391 g/mol. The van der Waals surface area contributed by atoms with Crippen molar-refractivity contribution in [1.29, 1.82) is 0 Å². The second-order valence-electron chi connectivity index (χ2n) is 8.62. The molecule has 0 aromatic heterocycles. The SMILES string of the molecule is COC(=O)C1(C(=O)OC)C[C@@H]2C[C@@]3(c4ccccc4)N(C)c4ccccc4[C@@]23C1. The number of rotatable bonds is 3. The molecule has 2 fully saturated rings. The fourth-order valence-electron chi connectivity index (χ4n) is 6.82. The number of esters is 2. The van der Waals surface area contributed by atoms with Crippen molar-refractivity contribution in [2.75, 3.05) is 26.2 Å². The summed E-state index contributed by atoms with van der Waals surface area (Å²) in [6, 6.07) is 18.9. The Balaban J connectivity index is 1.76. The number of carbonyl (C=O) groups excluding carboxylic acids is 2. The maximum Gasteiger partial charge on any atom is 0.323 e. The van der Waals surface area contributed by atoms with E-state index in [9.17, 15) is 9.59 Å². The van der Waals surface area contributed by atoms with Gasteiger partial charge in [-0.1, -0.05) is 48.5 Å². The molecule has 0 amide bonds. The molecule has 5 heteroatoms. The fraction of sp³-hybridized carbons (Fsp3) is 0.417. The zero-order valence-corrected chi connectivity index (χ0v) is 17.0. The largest absolute Gasteiger partial charge is 0.468 e. The number of nitrogens with zero attached hydrogens (tertiary/aromatic N) is 1. The Labute approximate surface area is 170 Å². The topological polar surface area (TPSA) is 55.8 Å². The van der Waals surface area contributed by atoms with Gasteiger partial charge in [-0.25, -0.2) is 0 Å². The van der Waals surface area contributed by atoms with Gasteiger partial charge in [0.15, 0.2) is 5.41 Å². The van der Waals surface area contributed by atoms with Crippen LogP contribution >= 0.6 is 0 Å². The fourth-order valence-corrected chi connectivity index (χ4v) is 6.82. The molecule has 3 aliphatic rings. The van der Waals surface area contributed by atoms with Gasteiger partial charge in [0.2, 0.25) is 0 Å². The van der Waals surface area contributed by atoms with E-state index < -0.39 is 17.4 Å². The van der Waals surface area contributed by atoms with Crippen LogP contribution in [0.25, 0.3) is 0 Å². The first-order chi connectivity index (χ1) is 14.0. The Morgan fingerprint density at radius 1 is 0.931 bits per heavy atom. The summed E-state index contributed by atoms with van der Waals surface area (Å²) in [6.07, 6.45) is 1.75. The third kappa shape index (κ3) is 1.86. The zero-order valence-electron chi connectivity index (χ0n) is 17.0. The number of fused-ring (bicyclic) bond motifs is 1. The third-order valence-corrected chi connectivity index (χ3v) is 7.87. The highest BCUT2D eigenvalue weighted by molar-refractivity contribution is 6.01. The van der Waals surface area contributed by atoms with Gasteiger partial charge in [0, 0.05) is 18.2 Å². The van der Waals surface area contributed by atoms with Gasteiger partial charge >= 0.3 is 11.9 Å². The van der Waals surface area contributed by atoms with Crippen LogP contribution in [0.5, 0.6) is 0 Å². The maximum atomic E-state index is 12.9. The maximum absolute atomic E-state index is 12.9. The van der Waals surface area contributed by atoms with Crippen molar-refractivity contribution >= 4 is 17.6 Å². The van der Waals surface area contributed by atoms with E-state index in [-0.39, 0.29) is 16.9 Å². The van der Waals surface area contributed by atoms with Crippen LogP contribution in [0.2, 0.25) is 0 Å². The molecule has 2 saturated carbocycles. The normalized spacial score (nSPS) is 30.6. The van der Waals surface area contributed by atoms with Crippen LogP contribution in [-0.2, 0) is 30.0 Å². The van der Waals surface area contributed by atoms with Crippen molar-refractivity contribution < 1.29 is 19.1 Å². The van der Waals surface area contributed by atoms with E-state index in [1.54, 1.807) is 0 Å². The van der Waals surface area contributed by atoms with Crippen LogP contribution in [-0.4, -0.2) is 33.2 Å². The number of ether oxygens (including phenoxy) is 2. The van der Waals surface area contributed by atoms with E-state index in [0.717, 1.165) is 6.42 Å². The van der Waals surface area contributed by atoms with Crippen LogP contribution in [0.4, 0.5) is 5.69 Å². The van der Waals surface area contributed by atoms with E-state index in [2.05, 4.69) is 48.3 Å². The van der Waals surface area contributed by atoms with Crippen molar-refractivity contribution in [3.05, 3.63) is 65.7 Å². The van der Waals surface area contributed by atoms with Crippen molar-refractivity contribution in [3.63, 3.8) is 0 Å². The molecule has 0 bridgehead atoms. The molecular formula is C24H25NO4. The average Bonchev–Trinajstić information content (AvgIpc) is 3.13. The third-order valence-electron chi connectivity index (χ3n) is 7.87. The number of carbonyl (C=O) groups is 2. The quantitative estimate of drug-likeness (QED) is 0.593. The van der Waals surface area contributed by atoms with Crippen LogP contribution in [0, 0.1) is 11.3 Å². The summed E-state index contributed by atoms with van der Waals surface area (Å²) in [4.78, 5) is 28.2. The summed E-state index contributed by atoms with van der Waals surface area (Å²) in [5, 5.41) is 0. The van der Waals surface area contributed by atoms with E-state index in [1.165, 1.54) is 31.0 Å². The number of benzene rings is 2. The molecule has 5 rings (SSSR count). The van der Waals surface area contributed by atoms with Crippen molar-refractivity contribution in [2.45, 2.75) is 30.2 Å². The summed E-state index contributed by atoms with van der Waals surface area (Å²) >= 11 is 0. The van der Waals surface area contributed by atoms with E-state index >= 15 is 0 Å². The van der Waals surface area contributed by atoms with Crippen LogP contribution < -0.4 is 4.90 Å². The van der Waals surface area contributed by atoms with Gasteiger partial charge in [-0.05, 0) is 42.4 Å². The van der Waals surface area contributed by atoms with Gasteiger partial charge in [-0.15, -0.1) is 0 Å². The Morgan fingerprint density at radius 3 is 2.21 bits per heavy atom. The highest BCUT2D eigenvalue weighted by Crippen LogP contribution is 2.78. The van der Waals surface area contributed by atoms with Gasteiger partial charge in [0.05, 0.1) is 19.8 Å². The van der Waals surface area contributed by atoms with Crippen molar-refractivity contribution in [3.8, 4) is 0 Å². The van der Waals surface area contributed by atoms with Crippen molar-refractivity contribution in [2.24, 2.45) is 11.3 Å². The summed E-state index contributed by atoms with van der Waals surface area (Å²) in [6.45, 7) is 0. The summed E-state index contributed by atoms with van der Waals surface area (Å²) in [5.74, 6) is -0.767. The number of hydrogen-bond acceptors (Lipinski definition) is 5. The molecule has 0 unspecified atom stereocenters. The second kappa shape index (κ2) is 5.85. The number of anilines is 1. The number of likely N-dealkylation sites (N-methyl/N-ethyl adjacent to an activating group) is 1. The molecule has 0 radical (unpaired) electrons. The minimum absolute atomic E-state index is 0.201. The number of para-hydroxylation sites is 1. The van der Waals surface area contributed by atoms with Crippen LogP contribution in [0.3, 0.4) is 0 Å². The Morgan fingerprint density at radius 2 is 1.55 bits per heavy atom. The first-order valence-electron chi connectivity index (χ1n) is 10.0. The highest BCUT2D eigenvalue weighted by atomic mass is 16.5. The van der Waals surface area contributed by atoms with Gasteiger partial charge in [0.1, 0.15) is 0 Å². The predicted molar refractivity (Wildman–Crippen MR) is 108 cm³/mol. The second-order valence-corrected chi connectivity index (χ2v) is 8.62. The summed E-state index contributed by atoms with van der Waals surface area (Å²) < 4.78 is 10.3. The molecule has 5 nitrogen and oxygen atoms in total. The van der Waals surface area contributed by atoms with Crippen LogP contribution in [0.1, 0.15) is 30.4 Å². The van der Waals surface area contributed by atoms with Gasteiger partial charge < -0.3 is 14.4 Å². The summed E-state index contributed by atoms with van der Waals surface area (Å²) in [5.41, 5.74) is 1.74. The van der Waals surface area contributed by atoms with Gasteiger partial charge in [-0.2, -0.15) is 0 Å². The predicted octanol–water partition coefficient (Wildman–Crippen LogP) is 3.42. The molecule has 29 heavy (non-hydrogen) atoms. The monoisotopic (exact) mass is 391 g/mol. The van der Waals surface area contributed by atoms with Gasteiger partial charge in [-0.3, -0.25) is 9.59 Å². The lowest BCUT2D eigenvalue weighted by atomic mass is 9.46. The lowest BCUT2D eigenvalue weighted by Crippen LogP contribution is -2.65. The molecule has 150 valence electrons. The van der Waals surface area contributed by atoms with E-state index in [4.69, 9.17) is 9.47 Å². The first kappa shape index (κ1) is 18.2. The molecule has 3 atom stereocenters. The van der Waals surface area contributed by atoms with Crippen LogP contribution in [0.15, 0.2) is 54.6 Å². The van der Waals surface area contributed by atoms with E-state index in [0.29, 0.717) is 12.8 Å². The van der Waals surface area contributed by atoms with E-state index in [1.807, 2.05) is 18.2 Å². The molecule has 0 saturated heterocycles. The Bertz CT molecular complexity index is 987. The highest BCUT2D eigenvalue weighted by Gasteiger charge is 2.80.